The molecule has 4 rings (SSSR count). The predicted molar refractivity (Wildman–Crippen MR) is 134 cm³/mol. The fourth-order valence-electron chi connectivity index (χ4n) is 5.56. The Hall–Kier alpha value is -0.860. The van der Waals surface area contributed by atoms with Gasteiger partial charge in [-0.25, -0.2) is 0 Å². The van der Waals surface area contributed by atoms with Crippen molar-refractivity contribution in [2.24, 2.45) is 16.3 Å². The number of hydrogen-bond donors (Lipinski definition) is 2. The highest BCUT2D eigenvalue weighted by Crippen LogP contribution is 2.52. The lowest BCUT2D eigenvalue weighted by Gasteiger charge is -2.54. The van der Waals surface area contributed by atoms with Gasteiger partial charge in [-0.2, -0.15) is 0 Å². The van der Waals surface area contributed by atoms with Gasteiger partial charge >= 0.3 is 0 Å². The molecule has 0 spiro atoms. The van der Waals surface area contributed by atoms with E-state index in [1.54, 1.807) is 0 Å². The number of halogens is 1. The van der Waals surface area contributed by atoms with Gasteiger partial charge in [0.05, 0.1) is 6.10 Å². The maximum Gasteiger partial charge on any atom is 0.191 e. The Morgan fingerprint density at radius 3 is 2.53 bits per heavy atom. The summed E-state index contributed by atoms with van der Waals surface area (Å²) in [6.07, 6.45) is 6.98. The van der Waals surface area contributed by atoms with Crippen LogP contribution in [0.5, 0.6) is 0 Å². The first kappa shape index (κ1) is 23.8. The first-order valence-corrected chi connectivity index (χ1v) is 11.5. The van der Waals surface area contributed by atoms with Crippen LogP contribution in [0.1, 0.15) is 57.1 Å². The second-order valence-electron chi connectivity index (χ2n) is 9.57. The van der Waals surface area contributed by atoms with Crippen molar-refractivity contribution in [3.05, 3.63) is 35.4 Å². The lowest BCUT2D eigenvalue weighted by molar-refractivity contribution is -0.106. The van der Waals surface area contributed by atoms with Crippen molar-refractivity contribution < 1.29 is 4.74 Å². The number of guanidine groups is 1. The van der Waals surface area contributed by atoms with Crippen LogP contribution in [0.4, 0.5) is 0 Å². The number of rotatable bonds is 5. The Kier molecular flexibility index (Phi) is 8.44. The van der Waals surface area contributed by atoms with Crippen LogP contribution in [0.2, 0.25) is 0 Å². The van der Waals surface area contributed by atoms with E-state index in [0.717, 1.165) is 32.1 Å². The molecule has 2 aliphatic heterocycles. The molecule has 0 bridgehead atoms. The lowest BCUT2D eigenvalue weighted by Crippen LogP contribution is -2.67. The first-order chi connectivity index (χ1) is 14.1. The van der Waals surface area contributed by atoms with E-state index < -0.39 is 0 Å². The maximum atomic E-state index is 5.93. The summed E-state index contributed by atoms with van der Waals surface area (Å²) in [6.45, 7) is 9.83. The van der Waals surface area contributed by atoms with Crippen molar-refractivity contribution in [2.45, 2.75) is 71.2 Å². The smallest absolute Gasteiger partial charge is 0.191 e. The molecule has 1 aromatic carbocycles. The number of benzene rings is 1. The van der Waals surface area contributed by atoms with Crippen LogP contribution in [-0.4, -0.2) is 49.7 Å². The van der Waals surface area contributed by atoms with E-state index in [4.69, 9.17) is 4.74 Å². The molecule has 2 saturated heterocycles. The molecule has 6 heteroatoms. The molecule has 5 nitrogen and oxygen atoms in total. The monoisotopic (exact) mass is 526 g/mol. The van der Waals surface area contributed by atoms with Gasteiger partial charge in [-0.3, -0.25) is 9.89 Å². The molecule has 168 valence electrons. The fraction of sp³-hybridized carbons (Fsp3) is 0.708. The number of hydrogen-bond acceptors (Lipinski definition) is 3. The zero-order chi connectivity index (χ0) is 20.3. The van der Waals surface area contributed by atoms with Crippen LogP contribution >= 0.6 is 24.0 Å². The number of fused-ring (bicyclic) bond motifs is 1. The van der Waals surface area contributed by atoms with Crippen molar-refractivity contribution in [2.75, 3.05) is 26.7 Å². The molecule has 3 fully saturated rings. The second-order valence-corrected chi connectivity index (χ2v) is 9.57. The second kappa shape index (κ2) is 10.6. The van der Waals surface area contributed by atoms with Gasteiger partial charge in [0.1, 0.15) is 0 Å². The van der Waals surface area contributed by atoms with Gasteiger partial charge in [0.25, 0.3) is 0 Å². The minimum absolute atomic E-state index is 0. The molecule has 3 aliphatic rings. The third kappa shape index (κ3) is 5.13. The van der Waals surface area contributed by atoms with E-state index in [-0.39, 0.29) is 29.4 Å². The lowest BCUT2D eigenvalue weighted by atomic mass is 9.57. The van der Waals surface area contributed by atoms with Crippen LogP contribution in [0.3, 0.4) is 0 Å². The molecule has 3 unspecified atom stereocenters. The number of nitrogens with one attached hydrogen (secondary N) is 2. The molecule has 2 heterocycles. The maximum absolute atomic E-state index is 5.93. The Morgan fingerprint density at radius 2 is 1.83 bits per heavy atom. The molecule has 2 N–H and O–H groups in total. The van der Waals surface area contributed by atoms with Crippen LogP contribution in [0.25, 0.3) is 0 Å². The summed E-state index contributed by atoms with van der Waals surface area (Å²) >= 11 is 0. The zero-order valence-electron chi connectivity index (χ0n) is 18.8. The number of aliphatic imine (C=N–C) groups is 1. The van der Waals surface area contributed by atoms with Crippen molar-refractivity contribution in [3.8, 4) is 0 Å². The van der Waals surface area contributed by atoms with Crippen LogP contribution in [0, 0.1) is 11.3 Å². The number of ether oxygens (including phenoxy) is 1. The molecule has 1 aliphatic carbocycles. The highest BCUT2D eigenvalue weighted by Gasteiger charge is 2.59. The fourth-order valence-corrected chi connectivity index (χ4v) is 5.56. The summed E-state index contributed by atoms with van der Waals surface area (Å²) < 4.78 is 5.93. The first-order valence-electron chi connectivity index (χ1n) is 11.5. The van der Waals surface area contributed by atoms with E-state index in [9.17, 15) is 0 Å². The molecule has 1 saturated carbocycles. The molecule has 1 aromatic rings. The average molecular weight is 527 g/mol. The topological polar surface area (TPSA) is 48.9 Å². The Balaban J connectivity index is 0.00000256. The number of likely N-dealkylation sites (tertiary alicyclic amines) is 1. The van der Waals surface area contributed by atoms with Crippen molar-refractivity contribution in [1.29, 1.82) is 0 Å². The highest BCUT2D eigenvalue weighted by atomic mass is 127. The Morgan fingerprint density at radius 1 is 1.13 bits per heavy atom. The van der Waals surface area contributed by atoms with E-state index in [1.165, 1.54) is 49.9 Å². The van der Waals surface area contributed by atoms with Crippen LogP contribution < -0.4 is 10.6 Å². The molecule has 30 heavy (non-hydrogen) atoms. The minimum Gasteiger partial charge on any atom is -0.377 e. The van der Waals surface area contributed by atoms with Crippen LogP contribution in [-0.2, 0) is 17.8 Å². The molecule has 0 radical (unpaired) electrons. The zero-order valence-corrected chi connectivity index (χ0v) is 21.2. The summed E-state index contributed by atoms with van der Waals surface area (Å²) in [5.74, 6) is 1.51. The summed E-state index contributed by atoms with van der Waals surface area (Å²) in [6, 6.07) is 9.28. The Labute approximate surface area is 199 Å². The van der Waals surface area contributed by atoms with Gasteiger partial charge in [0.2, 0.25) is 0 Å². The predicted octanol–water partition coefficient (Wildman–Crippen LogP) is 4.16. The molecule has 3 atom stereocenters. The van der Waals surface area contributed by atoms with Crippen LogP contribution in [0.15, 0.2) is 29.3 Å². The molecular formula is C24H39IN4O. The third-order valence-electron chi connectivity index (χ3n) is 7.27. The van der Waals surface area contributed by atoms with Gasteiger partial charge in [-0.05, 0) is 43.5 Å². The van der Waals surface area contributed by atoms with E-state index >= 15 is 0 Å². The SMILES string of the molecule is CN=C(NCc1ccccc1CN1CCCCCC1)NC1C2CCOC2C1(C)C.I. The van der Waals surface area contributed by atoms with Gasteiger partial charge in [0.15, 0.2) is 5.96 Å². The van der Waals surface area contributed by atoms with E-state index in [2.05, 4.69) is 58.6 Å². The van der Waals surface area contributed by atoms with Crippen molar-refractivity contribution in [1.82, 2.24) is 15.5 Å². The number of nitrogens with zero attached hydrogens (tertiary/aromatic N) is 2. The summed E-state index contributed by atoms with van der Waals surface area (Å²) in [7, 11) is 1.87. The van der Waals surface area contributed by atoms with Gasteiger partial charge < -0.3 is 15.4 Å². The minimum atomic E-state index is 0. The summed E-state index contributed by atoms with van der Waals surface area (Å²) in [4.78, 5) is 7.13. The highest BCUT2D eigenvalue weighted by molar-refractivity contribution is 14.0. The summed E-state index contributed by atoms with van der Waals surface area (Å²) in [5.41, 5.74) is 2.96. The summed E-state index contributed by atoms with van der Waals surface area (Å²) in [5, 5.41) is 7.26. The molecule has 0 amide bonds. The largest absolute Gasteiger partial charge is 0.377 e. The third-order valence-corrected chi connectivity index (χ3v) is 7.27. The molecular weight excluding hydrogens is 487 g/mol. The van der Waals surface area contributed by atoms with Gasteiger partial charge in [0, 0.05) is 44.1 Å². The van der Waals surface area contributed by atoms with Crippen molar-refractivity contribution in [3.63, 3.8) is 0 Å². The van der Waals surface area contributed by atoms with Gasteiger partial charge in [-0.1, -0.05) is 51.0 Å². The Bertz CT molecular complexity index is 715. The quantitative estimate of drug-likeness (QED) is 0.344. The van der Waals surface area contributed by atoms with E-state index in [0.29, 0.717) is 18.1 Å². The van der Waals surface area contributed by atoms with Crippen molar-refractivity contribution >= 4 is 29.9 Å². The normalized spacial score (nSPS) is 28.6. The van der Waals surface area contributed by atoms with E-state index in [1.807, 2.05) is 7.05 Å². The van der Waals surface area contributed by atoms with Gasteiger partial charge in [-0.15, -0.1) is 24.0 Å². The average Bonchev–Trinajstić information content (AvgIpc) is 3.03. The standard InChI is InChI=1S/C24H38N4O.HI/c1-24(2)21(20-12-15-29-22(20)24)27-23(25-3)26-16-18-10-6-7-11-19(18)17-28-13-8-4-5-9-14-28;/h6-7,10-11,20-22H,4-5,8-9,12-17H2,1-3H3,(H2,25,26,27);1H. The molecule has 0 aromatic heterocycles.